The number of rotatable bonds is 7. The number of esters is 1. The lowest BCUT2D eigenvalue weighted by molar-refractivity contribution is -0.119. The van der Waals surface area contributed by atoms with Gasteiger partial charge in [-0.3, -0.25) is 24.1 Å². The van der Waals surface area contributed by atoms with E-state index in [-0.39, 0.29) is 35.2 Å². The van der Waals surface area contributed by atoms with E-state index in [0.29, 0.717) is 18.0 Å². The number of nitrogens with one attached hydrogen (secondary N) is 2. The van der Waals surface area contributed by atoms with Crippen LogP contribution >= 0.6 is 0 Å². The van der Waals surface area contributed by atoms with Crippen LogP contribution in [0.15, 0.2) is 42.5 Å². The number of ether oxygens (including phenoxy) is 2. The van der Waals surface area contributed by atoms with E-state index >= 15 is 0 Å². The number of hydrogen-bond acceptors (Lipinski definition) is 7. The minimum absolute atomic E-state index is 0.0614. The highest BCUT2D eigenvalue weighted by atomic mass is 16.5. The van der Waals surface area contributed by atoms with Gasteiger partial charge in [-0.15, -0.1) is 0 Å². The maximum absolute atomic E-state index is 12.7. The summed E-state index contributed by atoms with van der Waals surface area (Å²) in [6.45, 7) is 1.64. The summed E-state index contributed by atoms with van der Waals surface area (Å²) < 4.78 is 10.6. The summed E-state index contributed by atoms with van der Waals surface area (Å²) >= 11 is 0. The second-order valence-corrected chi connectivity index (χ2v) is 8.00. The zero-order valence-electron chi connectivity index (χ0n) is 18.5. The van der Waals surface area contributed by atoms with Crippen LogP contribution < -0.4 is 10.6 Å². The van der Waals surface area contributed by atoms with Crippen molar-refractivity contribution in [3.8, 4) is 0 Å². The third-order valence-corrected chi connectivity index (χ3v) is 5.44. The van der Waals surface area contributed by atoms with E-state index in [4.69, 9.17) is 9.47 Å². The van der Waals surface area contributed by atoms with Crippen molar-refractivity contribution in [3.63, 3.8) is 0 Å². The fraction of sp³-hybridized carbons (Fsp3) is 0.292. The molecule has 2 aliphatic rings. The predicted octanol–water partition coefficient (Wildman–Crippen LogP) is 2.22. The molecule has 0 unspecified atom stereocenters. The Kier molecular flexibility index (Phi) is 6.69. The largest absolute Gasteiger partial charge is 0.452 e. The van der Waals surface area contributed by atoms with Gasteiger partial charge < -0.3 is 20.1 Å². The predicted molar refractivity (Wildman–Crippen MR) is 120 cm³/mol. The summed E-state index contributed by atoms with van der Waals surface area (Å²) in [4.78, 5) is 62.1. The van der Waals surface area contributed by atoms with Crippen LogP contribution in [0.4, 0.5) is 11.4 Å². The number of nitrogens with zero attached hydrogens (tertiary/aromatic N) is 1. The van der Waals surface area contributed by atoms with Crippen molar-refractivity contribution in [2.45, 2.75) is 25.9 Å². The first-order chi connectivity index (χ1) is 16.3. The average molecular weight is 465 g/mol. The van der Waals surface area contributed by atoms with E-state index < -0.39 is 30.3 Å². The Hall–Kier alpha value is -4.05. The molecule has 2 aromatic carbocycles. The number of carbonyl (C=O) groups excluding carboxylic acids is 5. The van der Waals surface area contributed by atoms with Crippen molar-refractivity contribution < 1.29 is 33.4 Å². The molecule has 1 saturated heterocycles. The maximum Gasteiger partial charge on any atom is 0.338 e. The standard InChI is InChI=1S/C24H23N3O7/c1-14(28)25-16-5-7-17(8-6-16)26-21(29)13-34-24(32)15-4-9-19-20(11-15)23(31)27(22(19)30)12-18-3-2-10-33-18/h4-9,11,18H,2-3,10,12-13H2,1H3,(H,25,28)(H,26,29)/t18-/m0/s1. The first kappa shape index (κ1) is 23.1. The summed E-state index contributed by atoms with van der Waals surface area (Å²) in [5.41, 5.74) is 1.45. The lowest BCUT2D eigenvalue weighted by Gasteiger charge is -2.17. The fourth-order valence-corrected chi connectivity index (χ4v) is 3.83. The third-order valence-electron chi connectivity index (χ3n) is 5.44. The van der Waals surface area contributed by atoms with Crippen LogP contribution in [0.5, 0.6) is 0 Å². The minimum Gasteiger partial charge on any atom is -0.452 e. The zero-order chi connectivity index (χ0) is 24.2. The molecule has 0 spiro atoms. The number of fused-ring (bicyclic) bond motifs is 1. The monoisotopic (exact) mass is 465 g/mol. The molecule has 2 aromatic rings. The molecule has 0 saturated carbocycles. The molecule has 2 aliphatic heterocycles. The Morgan fingerprint density at radius 3 is 2.32 bits per heavy atom. The highest BCUT2D eigenvalue weighted by molar-refractivity contribution is 6.22. The number of anilines is 2. The maximum atomic E-state index is 12.7. The van der Waals surface area contributed by atoms with E-state index in [2.05, 4.69) is 10.6 Å². The molecule has 34 heavy (non-hydrogen) atoms. The molecule has 0 aromatic heterocycles. The zero-order valence-corrected chi connectivity index (χ0v) is 18.5. The molecule has 0 radical (unpaired) electrons. The molecule has 176 valence electrons. The summed E-state index contributed by atoms with van der Waals surface area (Å²) in [5, 5.41) is 5.19. The molecule has 1 fully saturated rings. The molecule has 0 aliphatic carbocycles. The number of imide groups is 1. The van der Waals surface area contributed by atoms with Gasteiger partial charge in [-0.1, -0.05) is 0 Å². The highest BCUT2D eigenvalue weighted by Gasteiger charge is 2.38. The highest BCUT2D eigenvalue weighted by Crippen LogP contribution is 2.26. The smallest absolute Gasteiger partial charge is 0.338 e. The Morgan fingerprint density at radius 1 is 1.00 bits per heavy atom. The van der Waals surface area contributed by atoms with E-state index in [1.807, 2.05) is 0 Å². The van der Waals surface area contributed by atoms with Gasteiger partial charge in [0, 0.05) is 24.9 Å². The van der Waals surface area contributed by atoms with Crippen molar-refractivity contribution >= 4 is 41.0 Å². The lowest BCUT2D eigenvalue weighted by Crippen LogP contribution is -2.36. The molecule has 4 amide bonds. The van der Waals surface area contributed by atoms with E-state index in [9.17, 15) is 24.0 Å². The van der Waals surface area contributed by atoms with E-state index in [0.717, 1.165) is 17.7 Å². The molecule has 4 rings (SSSR count). The molecule has 1 atom stereocenters. The van der Waals surface area contributed by atoms with Gasteiger partial charge in [-0.05, 0) is 55.3 Å². The van der Waals surface area contributed by atoms with Crippen LogP contribution in [0.1, 0.15) is 50.8 Å². The summed E-state index contributed by atoms with van der Waals surface area (Å²) in [7, 11) is 0. The first-order valence-electron chi connectivity index (χ1n) is 10.8. The summed E-state index contributed by atoms with van der Waals surface area (Å²) in [5.74, 6) is -2.46. The van der Waals surface area contributed by atoms with Crippen LogP contribution in [0.3, 0.4) is 0 Å². The van der Waals surface area contributed by atoms with E-state index in [1.165, 1.54) is 25.1 Å². The number of hydrogen-bond donors (Lipinski definition) is 2. The Morgan fingerprint density at radius 2 is 1.68 bits per heavy atom. The number of benzene rings is 2. The van der Waals surface area contributed by atoms with Gasteiger partial charge in [-0.25, -0.2) is 4.79 Å². The molecule has 0 bridgehead atoms. The van der Waals surface area contributed by atoms with Gasteiger partial charge in [0.1, 0.15) is 0 Å². The second kappa shape index (κ2) is 9.84. The minimum atomic E-state index is -0.795. The van der Waals surface area contributed by atoms with Crippen LogP contribution in [0, 0.1) is 0 Å². The third kappa shape index (κ3) is 5.12. The lowest BCUT2D eigenvalue weighted by atomic mass is 10.1. The second-order valence-electron chi connectivity index (χ2n) is 8.00. The van der Waals surface area contributed by atoms with Crippen LogP contribution in [0.25, 0.3) is 0 Å². The fourth-order valence-electron chi connectivity index (χ4n) is 3.83. The molecular weight excluding hydrogens is 442 g/mol. The van der Waals surface area contributed by atoms with Crippen LogP contribution in [0.2, 0.25) is 0 Å². The number of carbonyl (C=O) groups is 5. The molecule has 10 nitrogen and oxygen atoms in total. The van der Waals surface area contributed by atoms with Gasteiger partial charge in [0.2, 0.25) is 5.91 Å². The van der Waals surface area contributed by atoms with Gasteiger partial charge in [0.25, 0.3) is 17.7 Å². The van der Waals surface area contributed by atoms with Crippen molar-refractivity contribution in [1.29, 1.82) is 0 Å². The van der Waals surface area contributed by atoms with Crippen molar-refractivity contribution in [2.24, 2.45) is 0 Å². The molecule has 10 heteroatoms. The van der Waals surface area contributed by atoms with E-state index in [1.54, 1.807) is 24.3 Å². The van der Waals surface area contributed by atoms with Gasteiger partial charge in [-0.2, -0.15) is 0 Å². The molecule has 2 heterocycles. The Labute approximate surface area is 195 Å². The molecule has 2 N–H and O–H groups in total. The topological polar surface area (TPSA) is 131 Å². The van der Waals surface area contributed by atoms with Crippen molar-refractivity contribution in [1.82, 2.24) is 4.90 Å². The summed E-state index contributed by atoms with van der Waals surface area (Å²) in [6, 6.07) is 10.5. The Balaban J connectivity index is 1.33. The van der Waals surface area contributed by atoms with Gasteiger partial charge in [0.15, 0.2) is 6.61 Å². The first-order valence-corrected chi connectivity index (χ1v) is 10.8. The Bertz CT molecular complexity index is 1150. The van der Waals surface area contributed by atoms with Gasteiger partial charge >= 0.3 is 5.97 Å². The average Bonchev–Trinajstić information content (AvgIpc) is 3.41. The van der Waals surface area contributed by atoms with Crippen LogP contribution in [-0.2, 0) is 19.1 Å². The normalized spacial score (nSPS) is 16.9. The van der Waals surface area contributed by atoms with Crippen molar-refractivity contribution in [2.75, 3.05) is 30.4 Å². The van der Waals surface area contributed by atoms with Crippen LogP contribution in [-0.4, -0.2) is 60.4 Å². The molecular formula is C24H23N3O7. The van der Waals surface area contributed by atoms with Gasteiger partial charge in [0.05, 0.1) is 29.3 Å². The van der Waals surface area contributed by atoms with Crippen molar-refractivity contribution in [3.05, 3.63) is 59.2 Å². The quantitative estimate of drug-likeness (QED) is 0.473. The summed E-state index contributed by atoms with van der Waals surface area (Å²) in [6.07, 6.45) is 1.50. The SMILES string of the molecule is CC(=O)Nc1ccc(NC(=O)COC(=O)c2ccc3c(c2)C(=O)N(C[C@@H]2CCCO2)C3=O)cc1. The number of amides is 4.